The van der Waals surface area contributed by atoms with Gasteiger partial charge in [-0.05, 0) is 5.92 Å². The third kappa shape index (κ3) is 3.61. The molecule has 1 aromatic heterocycles. The molecule has 1 aliphatic heterocycles. The van der Waals surface area contributed by atoms with Crippen molar-refractivity contribution in [3.63, 3.8) is 0 Å². The van der Waals surface area contributed by atoms with Crippen LogP contribution in [0.3, 0.4) is 0 Å². The van der Waals surface area contributed by atoms with E-state index in [0.29, 0.717) is 12.5 Å². The highest BCUT2D eigenvalue weighted by Gasteiger charge is 2.45. The Morgan fingerprint density at radius 3 is 2.77 bits per heavy atom. The van der Waals surface area contributed by atoms with Crippen LogP contribution in [0, 0.1) is 5.92 Å². The Hall–Kier alpha value is -1.99. The van der Waals surface area contributed by atoms with Crippen molar-refractivity contribution in [2.45, 2.75) is 45.2 Å². The molecular formula is C14H19F2N3O3. The van der Waals surface area contributed by atoms with Crippen LogP contribution in [0.1, 0.15) is 37.0 Å². The average Bonchev–Trinajstić information content (AvgIpc) is 2.84. The Bertz CT molecular complexity index is 571. The molecule has 0 spiro atoms. The lowest BCUT2D eigenvalue weighted by atomic mass is 9.98. The van der Waals surface area contributed by atoms with Gasteiger partial charge in [0.2, 0.25) is 0 Å². The Kier molecular flexibility index (Phi) is 4.48. The van der Waals surface area contributed by atoms with Gasteiger partial charge in [-0.15, -0.1) is 0 Å². The molecule has 22 heavy (non-hydrogen) atoms. The number of hydrogen-bond donors (Lipinski definition) is 1. The van der Waals surface area contributed by atoms with E-state index < -0.39 is 36.7 Å². The van der Waals surface area contributed by atoms with Crippen LogP contribution in [0.2, 0.25) is 0 Å². The maximum absolute atomic E-state index is 13.4. The summed E-state index contributed by atoms with van der Waals surface area (Å²) in [5.74, 6) is -4.70. The second kappa shape index (κ2) is 6.02. The number of aliphatic carboxylic acids is 1. The smallest absolute Gasteiger partial charge is 0.326 e. The molecule has 1 aliphatic rings. The lowest BCUT2D eigenvalue weighted by Gasteiger charge is -2.36. The first-order valence-electron chi connectivity index (χ1n) is 7.13. The fourth-order valence-corrected chi connectivity index (χ4v) is 2.51. The van der Waals surface area contributed by atoms with Crippen molar-refractivity contribution in [2.24, 2.45) is 5.92 Å². The number of amides is 1. The van der Waals surface area contributed by atoms with Crippen LogP contribution in [0.25, 0.3) is 0 Å². The van der Waals surface area contributed by atoms with Gasteiger partial charge in [-0.2, -0.15) is 5.10 Å². The van der Waals surface area contributed by atoms with Gasteiger partial charge in [0, 0.05) is 32.1 Å². The third-order valence-electron chi connectivity index (χ3n) is 3.57. The van der Waals surface area contributed by atoms with E-state index in [4.69, 9.17) is 5.11 Å². The summed E-state index contributed by atoms with van der Waals surface area (Å²) in [6, 6.07) is -1.51. The Labute approximate surface area is 126 Å². The summed E-state index contributed by atoms with van der Waals surface area (Å²) in [4.78, 5) is 24.6. The monoisotopic (exact) mass is 315 g/mol. The summed E-state index contributed by atoms with van der Waals surface area (Å²) in [7, 11) is 0. The number of aromatic nitrogens is 2. The number of carbonyl (C=O) groups is 2. The molecule has 8 heteroatoms. The molecule has 122 valence electrons. The molecule has 2 heterocycles. The first-order chi connectivity index (χ1) is 10.2. The van der Waals surface area contributed by atoms with E-state index in [-0.39, 0.29) is 12.1 Å². The van der Waals surface area contributed by atoms with E-state index >= 15 is 0 Å². The van der Waals surface area contributed by atoms with Gasteiger partial charge >= 0.3 is 5.97 Å². The highest BCUT2D eigenvalue weighted by atomic mass is 19.3. The minimum atomic E-state index is -3.05. The Balaban J connectivity index is 2.16. The molecular weight excluding hydrogens is 296 g/mol. The molecule has 1 aromatic rings. The van der Waals surface area contributed by atoms with Gasteiger partial charge in [0.1, 0.15) is 6.04 Å². The number of piperidine rings is 1. The summed E-state index contributed by atoms with van der Waals surface area (Å²) in [6.45, 7) is 4.33. The first-order valence-corrected chi connectivity index (χ1v) is 7.13. The summed E-state index contributed by atoms with van der Waals surface area (Å²) >= 11 is 0. The van der Waals surface area contributed by atoms with E-state index in [1.807, 2.05) is 13.8 Å². The molecule has 1 fully saturated rings. The van der Waals surface area contributed by atoms with Crippen molar-refractivity contribution >= 4 is 11.9 Å². The Morgan fingerprint density at radius 1 is 1.50 bits per heavy atom. The standard InChI is InChI=1S/C14H19F2N3O3/c1-9(2)7-18-8-10(6-17-18)12(20)19-4-3-14(15,16)5-11(19)13(21)22/h6,8-9,11H,3-5,7H2,1-2H3,(H,21,22). The predicted molar refractivity (Wildman–Crippen MR) is 73.7 cm³/mol. The lowest BCUT2D eigenvalue weighted by Crippen LogP contribution is -2.53. The van der Waals surface area contributed by atoms with E-state index in [9.17, 15) is 18.4 Å². The quantitative estimate of drug-likeness (QED) is 0.920. The van der Waals surface area contributed by atoms with Crippen molar-refractivity contribution in [2.75, 3.05) is 6.54 Å². The molecule has 0 bridgehead atoms. The van der Waals surface area contributed by atoms with Gasteiger partial charge in [0.25, 0.3) is 11.8 Å². The minimum absolute atomic E-state index is 0.220. The molecule has 0 radical (unpaired) electrons. The highest BCUT2D eigenvalue weighted by molar-refractivity contribution is 5.96. The zero-order valence-electron chi connectivity index (χ0n) is 12.5. The van der Waals surface area contributed by atoms with Crippen molar-refractivity contribution in [3.8, 4) is 0 Å². The molecule has 1 amide bonds. The number of alkyl halides is 2. The number of nitrogens with zero attached hydrogens (tertiary/aromatic N) is 3. The maximum Gasteiger partial charge on any atom is 0.326 e. The molecule has 1 unspecified atom stereocenters. The fraction of sp³-hybridized carbons (Fsp3) is 0.643. The number of rotatable bonds is 4. The van der Waals surface area contributed by atoms with Gasteiger partial charge in [0.05, 0.1) is 11.8 Å². The van der Waals surface area contributed by atoms with Gasteiger partial charge in [-0.3, -0.25) is 9.48 Å². The van der Waals surface area contributed by atoms with Crippen LogP contribution in [0.4, 0.5) is 8.78 Å². The average molecular weight is 315 g/mol. The number of hydrogen-bond acceptors (Lipinski definition) is 3. The van der Waals surface area contributed by atoms with Crippen molar-refractivity contribution in [1.82, 2.24) is 14.7 Å². The van der Waals surface area contributed by atoms with Crippen molar-refractivity contribution < 1.29 is 23.5 Å². The van der Waals surface area contributed by atoms with Crippen molar-refractivity contribution in [1.29, 1.82) is 0 Å². The predicted octanol–water partition coefficient (Wildman–Crippen LogP) is 1.86. The number of carboxylic acids is 1. The first kappa shape index (κ1) is 16.4. The van der Waals surface area contributed by atoms with Gasteiger partial charge < -0.3 is 10.0 Å². The SMILES string of the molecule is CC(C)Cn1cc(C(=O)N2CCC(F)(F)CC2C(=O)O)cn1. The minimum Gasteiger partial charge on any atom is -0.480 e. The van der Waals surface area contributed by atoms with E-state index in [1.165, 1.54) is 12.4 Å². The summed E-state index contributed by atoms with van der Waals surface area (Å²) in [5, 5.41) is 13.2. The molecule has 0 aliphatic carbocycles. The molecule has 1 atom stereocenters. The molecule has 0 saturated carbocycles. The van der Waals surface area contributed by atoms with Crippen LogP contribution >= 0.6 is 0 Å². The lowest BCUT2D eigenvalue weighted by molar-refractivity contribution is -0.151. The largest absolute Gasteiger partial charge is 0.480 e. The van der Waals surface area contributed by atoms with E-state index in [2.05, 4.69) is 5.10 Å². The summed E-state index contributed by atoms with van der Waals surface area (Å²) < 4.78 is 28.4. The second-order valence-electron chi connectivity index (χ2n) is 6.01. The highest BCUT2D eigenvalue weighted by Crippen LogP contribution is 2.32. The normalized spacial score (nSPS) is 21.1. The van der Waals surface area contributed by atoms with E-state index in [0.717, 1.165) is 4.90 Å². The zero-order valence-corrected chi connectivity index (χ0v) is 12.5. The summed E-state index contributed by atoms with van der Waals surface area (Å²) in [6.07, 6.45) is 1.49. The third-order valence-corrected chi connectivity index (χ3v) is 3.57. The molecule has 2 rings (SSSR count). The van der Waals surface area contributed by atoms with Crippen LogP contribution in [0.15, 0.2) is 12.4 Å². The maximum atomic E-state index is 13.4. The summed E-state index contributed by atoms with van der Waals surface area (Å²) in [5.41, 5.74) is 0.220. The Morgan fingerprint density at radius 2 is 2.18 bits per heavy atom. The molecule has 1 N–H and O–H groups in total. The van der Waals surface area contributed by atoms with Crippen LogP contribution in [-0.4, -0.2) is 50.2 Å². The van der Waals surface area contributed by atoms with Crippen LogP contribution in [-0.2, 0) is 11.3 Å². The fourth-order valence-electron chi connectivity index (χ4n) is 2.51. The molecule has 1 saturated heterocycles. The van der Waals surface area contributed by atoms with E-state index in [1.54, 1.807) is 4.68 Å². The van der Waals surface area contributed by atoms with Gasteiger partial charge in [-0.1, -0.05) is 13.8 Å². The number of carbonyl (C=O) groups excluding carboxylic acids is 1. The molecule has 6 nitrogen and oxygen atoms in total. The number of halogens is 2. The van der Waals surface area contributed by atoms with Crippen LogP contribution in [0.5, 0.6) is 0 Å². The van der Waals surface area contributed by atoms with Crippen LogP contribution < -0.4 is 0 Å². The number of carboxylic acid groups (broad SMARTS) is 1. The zero-order chi connectivity index (χ0) is 16.5. The second-order valence-corrected chi connectivity index (χ2v) is 6.01. The molecule has 0 aromatic carbocycles. The van der Waals surface area contributed by atoms with Crippen molar-refractivity contribution in [3.05, 3.63) is 18.0 Å². The van der Waals surface area contributed by atoms with Gasteiger partial charge in [-0.25, -0.2) is 13.6 Å². The number of likely N-dealkylation sites (tertiary alicyclic amines) is 1. The van der Waals surface area contributed by atoms with Gasteiger partial charge in [0.15, 0.2) is 0 Å². The topological polar surface area (TPSA) is 75.4 Å².